The van der Waals surface area contributed by atoms with E-state index in [0.29, 0.717) is 16.6 Å². The molecule has 0 unspecified atom stereocenters. The number of halogens is 2. The van der Waals surface area contributed by atoms with E-state index in [2.05, 4.69) is 21.2 Å². The molecular weight excluding hydrogens is 348 g/mol. The van der Waals surface area contributed by atoms with Crippen molar-refractivity contribution in [1.29, 1.82) is 0 Å². The summed E-state index contributed by atoms with van der Waals surface area (Å²) in [6, 6.07) is 4.93. The van der Waals surface area contributed by atoms with Crippen LogP contribution >= 0.6 is 15.9 Å². The van der Waals surface area contributed by atoms with Crippen molar-refractivity contribution >= 4 is 29.1 Å². The molecule has 0 amide bonds. The highest BCUT2D eigenvalue weighted by molar-refractivity contribution is 9.10. The Labute approximate surface area is 140 Å². The largest absolute Gasteiger partial charge is 0.491 e. The topological polar surface area (TPSA) is 30.5 Å². The summed E-state index contributed by atoms with van der Waals surface area (Å²) in [6.45, 7) is 8.57. The second kappa shape index (κ2) is 6.44. The molecule has 0 bridgehead atoms. The van der Waals surface area contributed by atoms with Crippen LogP contribution in [-0.2, 0) is 9.31 Å². The van der Waals surface area contributed by atoms with Gasteiger partial charge in [0.25, 0.3) is 0 Å². The van der Waals surface area contributed by atoms with E-state index in [4.69, 9.17) is 9.31 Å². The number of hydrogen-bond acceptors (Lipinski definition) is 3. The molecule has 1 saturated heterocycles. The molecule has 120 valence electrons. The van der Waals surface area contributed by atoms with Crippen molar-refractivity contribution in [2.45, 2.75) is 38.9 Å². The van der Waals surface area contributed by atoms with Gasteiger partial charge in [-0.15, -0.1) is 0 Å². The van der Waals surface area contributed by atoms with Crippen molar-refractivity contribution in [3.05, 3.63) is 39.5 Å². The van der Waals surface area contributed by atoms with E-state index in [-0.39, 0.29) is 5.82 Å². The number of hydrogen-bond donors (Lipinski definition) is 1. The molecule has 0 atom stereocenters. The molecule has 1 heterocycles. The average Bonchev–Trinajstić information content (AvgIpc) is 2.61. The van der Waals surface area contributed by atoms with Crippen molar-refractivity contribution in [1.82, 2.24) is 5.32 Å². The fourth-order valence-corrected chi connectivity index (χ4v) is 2.69. The zero-order valence-electron chi connectivity index (χ0n) is 13.7. The second-order valence-electron chi connectivity index (χ2n) is 6.47. The van der Waals surface area contributed by atoms with Crippen LogP contribution in [0.15, 0.2) is 28.1 Å². The Morgan fingerprint density at radius 1 is 1.27 bits per heavy atom. The van der Waals surface area contributed by atoms with Gasteiger partial charge in [-0.05, 0) is 52.3 Å². The molecule has 6 heteroatoms. The molecule has 0 radical (unpaired) electrons. The van der Waals surface area contributed by atoms with Gasteiger partial charge in [-0.3, -0.25) is 0 Å². The van der Waals surface area contributed by atoms with E-state index < -0.39 is 18.3 Å². The summed E-state index contributed by atoms with van der Waals surface area (Å²) in [5.74, 6) is -0.278. The van der Waals surface area contributed by atoms with Crippen molar-refractivity contribution in [3.63, 3.8) is 0 Å². The number of likely N-dealkylation sites (N-methyl/N-ethyl adjacent to an activating group) is 1. The van der Waals surface area contributed by atoms with Gasteiger partial charge >= 0.3 is 7.12 Å². The van der Waals surface area contributed by atoms with Gasteiger partial charge in [0.2, 0.25) is 0 Å². The third kappa shape index (κ3) is 3.45. The van der Waals surface area contributed by atoms with Crippen LogP contribution < -0.4 is 5.32 Å². The number of nitrogens with one attached hydrogen (secondary N) is 1. The first-order valence-corrected chi connectivity index (χ1v) is 8.12. The predicted octanol–water partition coefficient (Wildman–Crippen LogP) is 3.82. The van der Waals surface area contributed by atoms with Crippen molar-refractivity contribution in [3.8, 4) is 0 Å². The van der Waals surface area contributed by atoms with Gasteiger partial charge in [-0.1, -0.05) is 28.1 Å². The molecule has 1 aromatic carbocycles. The fraction of sp³-hybridized carbons (Fsp3) is 0.500. The monoisotopic (exact) mass is 369 g/mol. The highest BCUT2D eigenvalue weighted by Gasteiger charge is 2.52. The lowest BCUT2D eigenvalue weighted by molar-refractivity contribution is 0.00578. The summed E-state index contributed by atoms with van der Waals surface area (Å²) >= 11 is 3.39. The lowest BCUT2D eigenvalue weighted by Gasteiger charge is -2.32. The Balaban J connectivity index is 2.38. The van der Waals surface area contributed by atoms with Crippen molar-refractivity contribution in [2.75, 3.05) is 13.6 Å². The highest BCUT2D eigenvalue weighted by Crippen LogP contribution is 2.39. The first kappa shape index (κ1) is 17.7. The molecule has 2 rings (SSSR count). The van der Waals surface area contributed by atoms with Gasteiger partial charge in [0.05, 0.1) is 11.2 Å². The molecule has 0 saturated carbocycles. The van der Waals surface area contributed by atoms with Crippen molar-refractivity contribution < 1.29 is 13.7 Å². The molecule has 1 aliphatic heterocycles. The standard InChI is InChI=1S/C16H22BBrFNO2/c1-15(2)16(3,4)22-17(21-15)11(10-20-5)9-12-13(18)7-6-8-14(12)19/h6-9,20H,10H2,1-5H3. The van der Waals surface area contributed by atoms with Gasteiger partial charge in [-0.25, -0.2) is 4.39 Å². The molecule has 0 spiro atoms. The fourth-order valence-electron chi connectivity index (χ4n) is 2.23. The van der Waals surface area contributed by atoms with Crippen LogP contribution in [0.2, 0.25) is 0 Å². The molecular formula is C16H22BBrFNO2. The Morgan fingerprint density at radius 2 is 1.86 bits per heavy atom. The number of benzene rings is 1. The SMILES string of the molecule is CNCC(=Cc1c(F)cccc1Br)B1OC(C)(C)C(C)(C)O1. The molecule has 0 aromatic heterocycles. The molecule has 3 nitrogen and oxygen atoms in total. The first-order chi connectivity index (χ1) is 10.2. The molecule has 22 heavy (non-hydrogen) atoms. The van der Waals surface area contributed by atoms with Crippen LogP contribution in [0.1, 0.15) is 33.3 Å². The molecule has 1 aliphatic rings. The van der Waals surface area contributed by atoms with Crippen molar-refractivity contribution in [2.24, 2.45) is 0 Å². The van der Waals surface area contributed by atoms with Crippen LogP contribution in [0, 0.1) is 5.82 Å². The van der Waals surface area contributed by atoms with Crippen LogP contribution in [0.25, 0.3) is 6.08 Å². The van der Waals surface area contributed by atoms with Gasteiger partial charge in [0.1, 0.15) is 5.82 Å². The van der Waals surface area contributed by atoms with E-state index in [1.165, 1.54) is 6.07 Å². The maximum atomic E-state index is 14.1. The molecule has 1 fully saturated rings. The average molecular weight is 370 g/mol. The lowest BCUT2D eigenvalue weighted by Crippen LogP contribution is -2.41. The molecule has 1 aromatic rings. The molecule has 0 aliphatic carbocycles. The van der Waals surface area contributed by atoms with Crippen LogP contribution in [-0.4, -0.2) is 31.9 Å². The summed E-state index contributed by atoms with van der Waals surface area (Å²) in [5, 5.41) is 3.09. The van der Waals surface area contributed by atoms with Crippen LogP contribution in [0.4, 0.5) is 4.39 Å². The minimum atomic E-state index is -0.496. The summed E-state index contributed by atoms with van der Waals surface area (Å²) in [5.41, 5.74) is 0.517. The minimum absolute atomic E-state index is 0.278. The van der Waals surface area contributed by atoms with Crippen LogP contribution in [0.5, 0.6) is 0 Å². The number of rotatable bonds is 4. The Morgan fingerprint density at radius 3 is 2.36 bits per heavy atom. The highest BCUT2D eigenvalue weighted by atomic mass is 79.9. The van der Waals surface area contributed by atoms with E-state index in [1.54, 1.807) is 12.1 Å². The Hall–Kier alpha value is -0.685. The van der Waals surface area contributed by atoms with Crippen LogP contribution in [0.3, 0.4) is 0 Å². The normalized spacial score (nSPS) is 20.5. The smallest absolute Gasteiger partial charge is 0.400 e. The lowest BCUT2D eigenvalue weighted by atomic mass is 9.77. The summed E-state index contributed by atoms with van der Waals surface area (Å²) in [4.78, 5) is 0. The third-order valence-electron chi connectivity index (χ3n) is 4.27. The Bertz CT molecular complexity index is 553. The predicted molar refractivity (Wildman–Crippen MR) is 92.1 cm³/mol. The molecule has 1 N–H and O–H groups in total. The second-order valence-corrected chi connectivity index (χ2v) is 7.33. The van der Waals surface area contributed by atoms with E-state index in [0.717, 1.165) is 5.47 Å². The maximum absolute atomic E-state index is 14.1. The van der Waals surface area contributed by atoms with E-state index >= 15 is 0 Å². The summed E-state index contributed by atoms with van der Waals surface area (Å²) in [7, 11) is 1.35. The quantitative estimate of drug-likeness (QED) is 0.818. The zero-order chi connectivity index (χ0) is 16.5. The van der Waals surface area contributed by atoms with Gasteiger partial charge in [-0.2, -0.15) is 0 Å². The van der Waals surface area contributed by atoms with E-state index in [9.17, 15) is 4.39 Å². The summed E-state index contributed by atoms with van der Waals surface area (Å²) < 4.78 is 26.9. The minimum Gasteiger partial charge on any atom is -0.400 e. The summed E-state index contributed by atoms with van der Waals surface area (Å²) in [6.07, 6.45) is 1.79. The first-order valence-electron chi connectivity index (χ1n) is 7.32. The maximum Gasteiger partial charge on any atom is 0.491 e. The Kier molecular flexibility index (Phi) is 5.17. The third-order valence-corrected chi connectivity index (χ3v) is 4.96. The zero-order valence-corrected chi connectivity index (χ0v) is 15.3. The van der Waals surface area contributed by atoms with E-state index in [1.807, 2.05) is 40.8 Å². The van der Waals surface area contributed by atoms with Gasteiger partial charge in [0.15, 0.2) is 0 Å². The van der Waals surface area contributed by atoms with Gasteiger partial charge < -0.3 is 14.6 Å². The van der Waals surface area contributed by atoms with Gasteiger partial charge in [0, 0.05) is 16.6 Å².